The molecule has 1 aromatic rings. The average Bonchev–Trinajstić information content (AvgIpc) is 2.88. The third kappa shape index (κ3) is 23.3. The van der Waals surface area contributed by atoms with Crippen molar-refractivity contribution < 1.29 is 19.3 Å². The van der Waals surface area contributed by atoms with Crippen LogP contribution < -0.4 is 0 Å². The zero-order valence-corrected chi connectivity index (χ0v) is 30.3. The first kappa shape index (κ1) is 38.6. The van der Waals surface area contributed by atoms with Gasteiger partial charge in [-0.1, -0.05) is 142 Å². The summed E-state index contributed by atoms with van der Waals surface area (Å²) in [4.78, 5) is 0. The van der Waals surface area contributed by atoms with Crippen LogP contribution in [0.4, 0.5) is 0 Å². The number of aromatic hydroxyl groups is 1. The Morgan fingerprint density at radius 1 is 0.474 bits per heavy atom. The molecule has 0 aromatic heterocycles. The summed E-state index contributed by atoms with van der Waals surface area (Å²) in [6.07, 6.45) is 31.9. The average molecular weight is 763 g/mol. The number of benzene rings is 1. The van der Waals surface area contributed by atoms with Crippen molar-refractivity contribution >= 4 is 28.3 Å². The van der Waals surface area contributed by atoms with Crippen LogP contribution in [0.15, 0.2) is 12.1 Å². The van der Waals surface area contributed by atoms with Crippen molar-refractivity contribution in [2.45, 2.75) is 175 Å². The first-order valence-electron chi connectivity index (χ1n) is 16.0. The summed E-state index contributed by atoms with van der Waals surface area (Å²) in [5.74, 6) is 0.562. The number of halogens is 3. The molecular weight excluding hydrogens is 703 g/mol. The molecular formula is C33H60Cl3OW. The van der Waals surface area contributed by atoms with E-state index in [9.17, 15) is 5.11 Å². The van der Waals surface area contributed by atoms with Crippen LogP contribution in [0, 0.1) is 0 Å². The molecule has 0 spiro atoms. The molecule has 225 valence electrons. The Morgan fingerprint density at radius 2 is 0.789 bits per heavy atom. The standard InChI is InChI=1S/C33H60O.3ClH.W/c1-4-7-10-13-16-19-22-25-30-28-29-33(34)32(27-24-21-18-15-12-9-6-3)31(30)26-23-20-17-14-11-8-5-2;;;;/h28-29,34H,4-27H2,1-3H3;3*1H;/q;;;;+3/p-3. The summed E-state index contributed by atoms with van der Waals surface area (Å²) in [5.41, 5.74) is 4.35. The zero-order chi connectivity index (χ0) is 28.3. The molecule has 1 rings (SSSR count). The van der Waals surface area contributed by atoms with E-state index < -0.39 is 14.2 Å². The van der Waals surface area contributed by atoms with Crippen molar-refractivity contribution in [3.63, 3.8) is 0 Å². The molecule has 1 nitrogen and oxygen atoms in total. The number of hydrogen-bond acceptors (Lipinski definition) is 1. The molecule has 0 saturated carbocycles. The second-order valence-electron chi connectivity index (χ2n) is 11.0. The van der Waals surface area contributed by atoms with Crippen molar-refractivity contribution in [1.82, 2.24) is 0 Å². The van der Waals surface area contributed by atoms with Crippen molar-refractivity contribution in [1.29, 1.82) is 0 Å². The van der Waals surface area contributed by atoms with Gasteiger partial charge in [-0.15, -0.1) is 0 Å². The Hall–Kier alpha value is 0.578. The summed E-state index contributed by atoms with van der Waals surface area (Å²) < 4.78 is 0. The van der Waals surface area contributed by atoms with Crippen LogP contribution in [0.3, 0.4) is 0 Å². The number of unbranched alkanes of at least 4 members (excludes halogenated alkanes) is 18. The second kappa shape index (κ2) is 29.1. The molecule has 0 aliphatic carbocycles. The van der Waals surface area contributed by atoms with Crippen LogP contribution in [0.2, 0.25) is 0 Å². The van der Waals surface area contributed by atoms with Gasteiger partial charge >= 0.3 is 42.4 Å². The molecule has 0 unspecified atom stereocenters. The summed E-state index contributed by atoms with van der Waals surface area (Å²) in [6, 6.07) is 4.25. The van der Waals surface area contributed by atoms with Crippen molar-refractivity contribution in [3.8, 4) is 5.75 Å². The SMILES string of the molecule is CCCCCCCCCc1ccc(O)c(CCCCCCCCC)c1CCCCCCCCC.[Cl][W]([Cl])[Cl]. The van der Waals surface area contributed by atoms with Gasteiger partial charge in [-0.05, 0) is 61.3 Å². The van der Waals surface area contributed by atoms with E-state index in [2.05, 4.69) is 26.8 Å². The number of rotatable bonds is 24. The molecule has 0 fully saturated rings. The molecule has 0 aliphatic heterocycles. The maximum absolute atomic E-state index is 10.8. The Balaban J connectivity index is 0.00000318. The zero-order valence-electron chi connectivity index (χ0n) is 25.1. The molecule has 1 N–H and O–H groups in total. The van der Waals surface area contributed by atoms with Gasteiger partial charge in [-0.3, -0.25) is 0 Å². The van der Waals surface area contributed by atoms with Crippen LogP contribution in [0.5, 0.6) is 5.75 Å². The number of phenolic OH excluding ortho intramolecular Hbond substituents is 1. The molecule has 0 radical (unpaired) electrons. The monoisotopic (exact) mass is 761 g/mol. The van der Waals surface area contributed by atoms with Gasteiger partial charge in [0.05, 0.1) is 0 Å². The van der Waals surface area contributed by atoms with Gasteiger partial charge in [0.25, 0.3) is 0 Å². The molecule has 0 saturated heterocycles. The fourth-order valence-corrected chi connectivity index (χ4v) is 5.34. The molecule has 0 amide bonds. The number of phenols is 1. The van der Waals surface area contributed by atoms with E-state index >= 15 is 0 Å². The minimum atomic E-state index is -2.11. The molecule has 0 atom stereocenters. The van der Waals surface area contributed by atoms with Crippen molar-refractivity contribution in [2.24, 2.45) is 0 Å². The third-order valence-electron chi connectivity index (χ3n) is 7.61. The molecule has 0 bridgehead atoms. The van der Waals surface area contributed by atoms with E-state index in [1.165, 1.54) is 164 Å². The summed E-state index contributed by atoms with van der Waals surface area (Å²) in [7, 11) is 15.0. The summed E-state index contributed by atoms with van der Waals surface area (Å²) in [6.45, 7) is 6.87. The normalized spacial score (nSPS) is 11.1. The van der Waals surface area contributed by atoms with Crippen molar-refractivity contribution in [3.05, 3.63) is 28.8 Å². The van der Waals surface area contributed by atoms with Gasteiger partial charge < -0.3 is 5.11 Å². The predicted molar refractivity (Wildman–Crippen MR) is 171 cm³/mol. The van der Waals surface area contributed by atoms with E-state index in [4.69, 9.17) is 28.3 Å². The predicted octanol–water partition coefficient (Wildman–Crippen LogP) is 13.3. The quantitative estimate of drug-likeness (QED) is 0.104. The Bertz CT molecular complexity index is 636. The minimum absolute atomic E-state index is 0.562. The van der Waals surface area contributed by atoms with Gasteiger partial charge in [-0.25, -0.2) is 0 Å². The van der Waals surface area contributed by atoms with E-state index in [-0.39, 0.29) is 0 Å². The van der Waals surface area contributed by atoms with Gasteiger partial charge in [0.15, 0.2) is 0 Å². The molecule has 0 heterocycles. The Kier molecular flexibility index (Phi) is 29.5. The van der Waals surface area contributed by atoms with Gasteiger partial charge in [0.2, 0.25) is 0 Å². The summed E-state index contributed by atoms with van der Waals surface area (Å²) in [5, 5.41) is 10.8. The Labute approximate surface area is 255 Å². The van der Waals surface area contributed by atoms with Gasteiger partial charge in [0, 0.05) is 0 Å². The maximum atomic E-state index is 10.8. The number of aryl methyl sites for hydroxylation is 1. The fourth-order valence-electron chi connectivity index (χ4n) is 5.34. The van der Waals surface area contributed by atoms with Crippen LogP contribution in [0.1, 0.15) is 172 Å². The second-order valence-corrected chi connectivity index (χ2v) is 23.7. The first-order chi connectivity index (χ1) is 18.5. The topological polar surface area (TPSA) is 20.2 Å². The van der Waals surface area contributed by atoms with Gasteiger partial charge in [-0.2, -0.15) is 0 Å². The van der Waals surface area contributed by atoms with E-state index in [1.807, 2.05) is 6.07 Å². The summed E-state index contributed by atoms with van der Waals surface area (Å²) >= 11 is -2.11. The van der Waals surface area contributed by atoms with Crippen LogP contribution in [-0.2, 0) is 33.5 Å². The molecule has 1 aromatic carbocycles. The van der Waals surface area contributed by atoms with E-state index in [1.54, 1.807) is 0 Å². The van der Waals surface area contributed by atoms with Crippen LogP contribution >= 0.6 is 28.3 Å². The Morgan fingerprint density at radius 3 is 1.18 bits per heavy atom. The van der Waals surface area contributed by atoms with Gasteiger partial charge in [0.1, 0.15) is 5.75 Å². The molecule has 0 aliphatic rings. The van der Waals surface area contributed by atoms with Crippen LogP contribution in [0.25, 0.3) is 0 Å². The van der Waals surface area contributed by atoms with Crippen LogP contribution in [-0.4, -0.2) is 5.11 Å². The van der Waals surface area contributed by atoms with E-state index in [0.29, 0.717) is 5.75 Å². The fraction of sp³-hybridized carbons (Fsp3) is 0.818. The first-order valence-corrected chi connectivity index (χ1v) is 26.9. The molecule has 38 heavy (non-hydrogen) atoms. The van der Waals surface area contributed by atoms with Crippen molar-refractivity contribution in [2.75, 3.05) is 0 Å². The third-order valence-corrected chi connectivity index (χ3v) is 7.61. The molecule has 5 heteroatoms. The van der Waals surface area contributed by atoms with E-state index in [0.717, 1.165) is 6.42 Å². The number of hydrogen-bond donors (Lipinski definition) is 1.